The zero-order valence-electron chi connectivity index (χ0n) is 36.9. The summed E-state index contributed by atoms with van der Waals surface area (Å²) in [5, 5.41) is 13.9. The van der Waals surface area contributed by atoms with Gasteiger partial charge in [-0.1, -0.05) is 119 Å². The van der Waals surface area contributed by atoms with Gasteiger partial charge < -0.3 is 9.13 Å². The Bertz CT molecular complexity index is 2920. The molecule has 2 aromatic heterocycles. The second-order valence-corrected chi connectivity index (χ2v) is 20.7. The first-order valence-electron chi connectivity index (χ1n) is 20.8. The predicted octanol–water partition coefficient (Wildman–Crippen LogP) is 15.6. The summed E-state index contributed by atoms with van der Waals surface area (Å²) < 4.78 is 51.4. The van der Waals surface area contributed by atoms with E-state index in [1.807, 2.05) is 4.57 Å². The predicted molar refractivity (Wildman–Crippen MR) is 245 cm³/mol. The standard InChI is InChI=1S/C54H54F3N3/c1-50(2,3)34-16-20-44-39(25-34)40-26-35(51(4,5)6)17-21-45(40)59(44)48-29-38(33-15-13-14-32(24-33)31-58)43(54(55,56)57)30-49(48)60-46-22-18-36(52(7,8)9)27-41(46)42-28-37(53(10,11)12)19-23-47(42)60/h13-30H,1-12H3. The van der Waals surface area contributed by atoms with Crippen molar-refractivity contribution in [2.24, 2.45) is 0 Å². The number of hydrogen-bond acceptors (Lipinski definition) is 1. The minimum absolute atomic E-state index is 0.0109. The molecule has 3 nitrogen and oxygen atoms in total. The van der Waals surface area contributed by atoms with Crippen molar-refractivity contribution in [2.45, 2.75) is 111 Å². The average molecular weight is 802 g/mol. The molecule has 0 saturated carbocycles. The Labute approximate surface area is 352 Å². The summed E-state index contributed by atoms with van der Waals surface area (Å²) in [6.07, 6.45) is -4.72. The lowest BCUT2D eigenvalue weighted by molar-refractivity contribution is -0.137. The van der Waals surface area contributed by atoms with Crippen LogP contribution in [0.15, 0.2) is 109 Å². The van der Waals surface area contributed by atoms with Gasteiger partial charge in [-0.3, -0.25) is 0 Å². The molecule has 0 aliphatic rings. The number of halogens is 3. The molecule has 0 aliphatic heterocycles. The molecule has 0 bridgehead atoms. The van der Waals surface area contributed by atoms with Crippen LogP contribution in [0.25, 0.3) is 66.1 Å². The van der Waals surface area contributed by atoms with E-state index in [9.17, 15) is 5.26 Å². The van der Waals surface area contributed by atoms with Crippen molar-refractivity contribution in [2.75, 3.05) is 0 Å². The number of benzene rings is 6. The maximum Gasteiger partial charge on any atom is 0.417 e. The van der Waals surface area contributed by atoms with Crippen molar-refractivity contribution in [3.8, 4) is 28.6 Å². The molecular formula is C54H54F3N3. The van der Waals surface area contributed by atoms with Crippen LogP contribution < -0.4 is 0 Å². The van der Waals surface area contributed by atoms with Gasteiger partial charge >= 0.3 is 6.18 Å². The van der Waals surface area contributed by atoms with Crippen molar-refractivity contribution in [3.05, 3.63) is 143 Å². The number of hydrogen-bond donors (Lipinski definition) is 0. The molecule has 0 atom stereocenters. The van der Waals surface area contributed by atoms with Crippen LogP contribution in [0.3, 0.4) is 0 Å². The Morgan fingerprint density at radius 1 is 0.433 bits per heavy atom. The fraction of sp³-hybridized carbons (Fsp3) is 0.315. The Kier molecular flexibility index (Phi) is 9.29. The quantitative estimate of drug-likeness (QED) is 0.175. The molecule has 0 amide bonds. The van der Waals surface area contributed by atoms with Crippen LogP contribution in [0, 0.1) is 11.3 Å². The van der Waals surface area contributed by atoms with Crippen molar-refractivity contribution < 1.29 is 13.2 Å². The summed E-state index contributed by atoms with van der Waals surface area (Å²) in [5.41, 5.74) is 8.36. The molecule has 8 rings (SSSR count). The van der Waals surface area contributed by atoms with Gasteiger partial charge in [0, 0.05) is 21.5 Å². The molecule has 2 heterocycles. The number of nitriles is 1. The topological polar surface area (TPSA) is 33.6 Å². The third kappa shape index (κ3) is 6.96. The van der Waals surface area contributed by atoms with E-state index >= 15 is 13.2 Å². The highest BCUT2D eigenvalue weighted by Crippen LogP contribution is 2.46. The number of aromatic nitrogens is 2. The van der Waals surface area contributed by atoms with Gasteiger partial charge in [0.25, 0.3) is 0 Å². The number of rotatable bonds is 3. The van der Waals surface area contributed by atoms with Crippen LogP contribution in [0.2, 0.25) is 0 Å². The summed E-state index contributed by atoms with van der Waals surface area (Å²) in [6.45, 7) is 26.3. The van der Waals surface area contributed by atoms with Crippen molar-refractivity contribution in [1.29, 1.82) is 5.26 Å². The molecule has 6 heteroatoms. The highest BCUT2D eigenvalue weighted by Gasteiger charge is 2.36. The molecule has 306 valence electrons. The molecule has 0 saturated heterocycles. The molecule has 0 aliphatic carbocycles. The molecule has 6 aromatic carbocycles. The molecule has 0 N–H and O–H groups in total. The first kappa shape index (κ1) is 41.0. The highest BCUT2D eigenvalue weighted by molar-refractivity contribution is 6.12. The summed E-state index contributed by atoms with van der Waals surface area (Å²) in [7, 11) is 0. The van der Waals surface area contributed by atoms with Gasteiger partial charge in [0.15, 0.2) is 0 Å². The fourth-order valence-corrected chi connectivity index (χ4v) is 8.60. The molecular weight excluding hydrogens is 748 g/mol. The molecule has 0 spiro atoms. The zero-order chi connectivity index (χ0) is 43.5. The van der Waals surface area contributed by atoms with Gasteiger partial charge in [-0.15, -0.1) is 0 Å². The number of alkyl halides is 3. The number of fused-ring (bicyclic) bond motifs is 6. The molecule has 60 heavy (non-hydrogen) atoms. The fourth-order valence-electron chi connectivity index (χ4n) is 8.60. The van der Waals surface area contributed by atoms with E-state index in [4.69, 9.17) is 0 Å². The minimum Gasteiger partial charge on any atom is -0.307 e. The Balaban J connectivity index is 1.61. The second kappa shape index (κ2) is 13.6. The van der Waals surface area contributed by atoms with Crippen LogP contribution in [-0.4, -0.2) is 9.13 Å². The SMILES string of the molecule is CC(C)(C)c1ccc2c(c1)c1cc(C(C)(C)C)ccc1n2-c1cc(-c2cccc(C#N)c2)c(C(F)(F)F)cc1-n1c2ccc(C(C)(C)C)cc2c2cc(C(C)(C)C)ccc21. The smallest absolute Gasteiger partial charge is 0.307 e. The van der Waals surface area contributed by atoms with Gasteiger partial charge in [-0.25, -0.2) is 0 Å². The van der Waals surface area contributed by atoms with Crippen molar-refractivity contribution in [1.82, 2.24) is 9.13 Å². The average Bonchev–Trinajstić information content (AvgIpc) is 3.67. The molecule has 0 fully saturated rings. The van der Waals surface area contributed by atoms with Gasteiger partial charge in [-0.05, 0) is 128 Å². The normalized spacial score (nSPS) is 13.2. The van der Waals surface area contributed by atoms with Crippen LogP contribution in [0.5, 0.6) is 0 Å². The Morgan fingerprint density at radius 3 is 1.10 bits per heavy atom. The van der Waals surface area contributed by atoms with Gasteiger partial charge in [-0.2, -0.15) is 18.4 Å². The van der Waals surface area contributed by atoms with Crippen molar-refractivity contribution >= 4 is 43.6 Å². The zero-order valence-corrected chi connectivity index (χ0v) is 36.9. The molecule has 0 unspecified atom stereocenters. The molecule has 0 radical (unpaired) electrons. The van der Waals surface area contributed by atoms with E-state index in [0.717, 1.165) is 54.7 Å². The van der Waals surface area contributed by atoms with Crippen LogP contribution in [-0.2, 0) is 27.8 Å². The summed E-state index contributed by atoms with van der Waals surface area (Å²) in [6, 6.07) is 37.5. The van der Waals surface area contributed by atoms with E-state index < -0.39 is 11.7 Å². The van der Waals surface area contributed by atoms with E-state index in [1.54, 1.807) is 30.3 Å². The summed E-state index contributed by atoms with van der Waals surface area (Å²) >= 11 is 0. The van der Waals surface area contributed by atoms with Gasteiger partial charge in [0.2, 0.25) is 0 Å². The van der Waals surface area contributed by atoms with Gasteiger partial charge in [0.1, 0.15) is 0 Å². The van der Waals surface area contributed by atoms with Crippen molar-refractivity contribution in [3.63, 3.8) is 0 Å². The Hall–Kier alpha value is -5.80. The second-order valence-electron chi connectivity index (χ2n) is 20.7. The minimum atomic E-state index is -4.72. The van der Waals surface area contributed by atoms with E-state index in [1.165, 1.54) is 17.2 Å². The van der Waals surface area contributed by atoms with E-state index in [2.05, 4.69) is 167 Å². The Morgan fingerprint density at radius 2 is 0.783 bits per heavy atom. The third-order valence-corrected chi connectivity index (χ3v) is 12.2. The van der Waals surface area contributed by atoms with E-state index in [0.29, 0.717) is 22.5 Å². The lowest BCUT2D eigenvalue weighted by atomic mass is 9.85. The third-order valence-electron chi connectivity index (χ3n) is 12.2. The maximum atomic E-state index is 15.7. The van der Waals surface area contributed by atoms with Gasteiger partial charge in [0.05, 0.1) is 50.6 Å². The molecule has 8 aromatic rings. The first-order valence-corrected chi connectivity index (χ1v) is 20.8. The largest absolute Gasteiger partial charge is 0.417 e. The summed E-state index contributed by atoms with van der Waals surface area (Å²) in [5.74, 6) is 0. The van der Waals surface area contributed by atoms with Crippen LogP contribution >= 0.6 is 0 Å². The van der Waals surface area contributed by atoms with Crippen LogP contribution in [0.4, 0.5) is 13.2 Å². The van der Waals surface area contributed by atoms with E-state index in [-0.39, 0.29) is 27.2 Å². The van der Waals surface area contributed by atoms with Crippen LogP contribution in [0.1, 0.15) is 116 Å². The summed E-state index contributed by atoms with van der Waals surface area (Å²) in [4.78, 5) is 0. The lowest BCUT2D eigenvalue weighted by Gasteiger charge is -2.23. The highest BCUT2D eigenvalue weighted by atomic mass is 19.4. The lowest BCUT2D eigenvalue weighted by Crippen LogP contribution is -2.13. The maximum absolute atomic E-state index is 15.7. The first-order chi connectivity index (χ1) is 27.9. The number of nitrogens with zero attached hydrogens (tertiary/aromatic N) is 3. The monoisotopic (exact) mass is 801 g/mol.